The normalized spacial score (nSPS) is 11.0. The monoisotopic (exact) mass is 455 g/mol. The molecule has 0 spiro atoms. The molecule has 0 bridgehead atoms. The van der Waals surface area contributed by atoms with Crippen molar-refractivity contribution in [2.75, 3.05) is 7.11 Å². The van der Waals surface area contributed by atoms with E-state index in [1.807, 2.05) is 43.5 Å². The zero-order valence-corrected chi connectivity index (χ0v) is 19.4. The van der Waals surface area contributed by atoms with Gasteiger partial charge in [-0.05, 0) is 61.4 Å². The Hall–Kier alpha value is -3.77. The summed E-state index contributed by atoms with van der Waals surface area (Å²) in [6.07, 6.45) is 1.92. The summed E-state index contributed by atoms with van der Waals surface area (Å²) < 4.78 is 20.9. The van der Waals surface area contributed by atoms with Gasteiger partial charge in [0.2, 0.25) is 5.13 Å². The van der Waals surface area contributed by atoms with Gasteiger partial charge in [-0.1, -0.05) is 53.3 Å². The Bertz CT molecular complexity index is 1420. The Morgan fingerprint density at radius 3 is 2.30 bits per heavy atom. The number of methoxy groups -OCH3 is 1. The third kappa shape index (κ3) is 4.17. The van der Waals surface area contributed by atoms with E-state index in [0.29, 0.717) is 0 Å². The molecule has 0 saturated carbocycles. The van der Waals surface area contributed by atoms with E-state index in [2.05, 4.69) is 31.2 Å². The highest BCUT2D eigenvalue weighted by atomic mass is 32.1. The molecule has 0 amide bonds. The molecule has 2 heterocycles. The summed E-state index contributed by atoms with van der Waals surface area (Å²) in [5.74, 6) is 0.533. The summed E-state index contributed by atoms with van der Waals surface area (Å²) in [5, 5.41) is 5.44. The fourth-order valence-corrected chi connectivity index (χ4v) is 4.77. The van der Waals surface area contributed by atoms with Crippen molar-refractivity contribution < 1.29 is 9.13 Å². The van der Waals surface area contributed by atoms with Crippen LogP contribution in [0.25, 0.3) is 38.0 Å². The van der Waals surface area contributed by atoms with Crippen molar-refractivity contribution in [2.45, 2.75) is 13.8 Å². The van der Waals surface area contributed by atoms with Gasteiger partial charge in [0.05, 0.1) is 23.4 Å². The molecule has 5 aromatic rings. The summed E-state index contributed by atoms with van der Waals surface area (Å²) >= 11 is 1.58. The van der Waals surface area contributed by atoms with E-state index in [4.69, 9.17) is 14.8 Å². The number of aromatic nitrogens is 3. The van der Waals surface area contributed by atoms with Crippen LogP contribution in [0.1, 0.15) is 11.3 Å². The van der Waals surface area contributed by atoms with E-state index in [1.54, 1.807) is 29.2 Å². The molecule has 6 heteroatoms. The summed E-state index contributed by atoms with van der Waals surface area (Å²) in [4.78, 5) is 6.04. The first-order chi connectivity index (χ1) is 16.0. The van der Waals surface area contributed by atoms with Crippen LogP contribution >= 0.6 is 11.3 Å². The highest BCUT2D eigenvalue weighted by Crippen LogP contribution is 2.39. The van der Waals surface area contributed by atoms with Gasteiger partial charge < -0.3 is 4.74 Å². The Balaban J connectivity index is 1.63. The quantitative estimate of drug-likeness (QED) is 0.284. The second-order valence-electron chi connectivity index (χ2n) is 7.85. The minimum atomic E-state index is -0.266. The van der Waals surface area contributed by atoms with E-state index in [0.717, 1.165) is 49.4 Å². The molecule has 3 aromatic carbocycles. The highest BCUT2D eigenvalue weighted by molar-refractivity contribution is 7.18. The number of ether oxygens (including phenoxy) is 1. The van der Waals surface area contributed by atoms with Gasteiger partial charge in [0, 0.05) is 17.3 Å². The summed E-state index contributed by atoms with van der Waals surface area (Å²) in [5.41, 5.74) is 6.70. The lowest BCUT2D eigenvalue weighted by molar-refractivity contribution is 0.415. The van der Waals surface area contributed by atoms with Crippen LogP contribution < -0.4 is 4.74 Å². The van der Waals surface area contributed by atoms with Crippen molar-refractivity contribution in [3.8, 4) is 43.7 Å². The maximum Gasteiger partial charge on any atom is 0.211 e. The fourth-order valence-electron chi connectivity index (χ4n) is 3.75. The lowest BCUT2D eigenvalue weighted by Gasteiger charge is -2.05. The smallest absolute Gasteiger partial charge is 0.211 e. The van der Waals surface area contributed by atoms with Crippen LogP contribution in [0.2, 0.25) is 0 Å². The maximum absolute atomic E-state index is 13.8. The fraction of sp³-hybridized carbons (Fsp3) is 0.111. The first-order valence-corrected chi connectivity index (χ1v) is 11.4. The SMILES string of the molecule is COc1ccc(-c2nc(-n3cc(-c4cccc(F)c4)c(C)n3)sc2-c2ccc(C)cc2)cc1. The van der Waals surface area contributed by atoms with Crippen LogP contribution in [0.5, 0.6) is 5.75 Å². The first kappa shape index (κ1) is 21.1. The second-order valence-corrected chi connectivity index (χ2v) is 8.83. The summed E-state index contributed by atoms with van der Waals surface area (Å²) in [6, 6.07) is 22.9. The van der Waals surface area contributed by atoms with Gasteiger partial charge in [0.1, 0.15) is 11.6 Å². The van der Waals surface area contributed by atoms with Crippen LogP contribution in [0, 0.1) is 19.7 Å². The van der Waals surface area contributed by atoms with Crippen molar-refractivity contribution in [3.05, 3.63) is 96.1 Å². The molecular formula is C27H22FN3OS. The number of aryl methyl sites for hydroxylation is 2. The van der Waals surface area contributed by atoms with Gasteiger partial charge in [0.15, 0.2) is 0 Å². The third-order valence-electron chi connectivity index (χ3n) is 5.52. The molecule has 5 rings (SSSR count). The van der Waals surface area contributed by atoms with Crippen LogP contribution in [-0.2, 0) is 0 Å². The molecule has 0 aliphatic carbocycles. The molecule has 0 aliphatic heterocycles. The Kier molecular flexibility index (Phi) is 5.52. The molecule has 0 saturated heterocycles. The average Bonchev–Trinajstić information content (AvgIpc) is 3.44. The minimum absolute atomic E-state index is 0.266. The molecule has 4 nitrogen and oxygen atoms in total. The molecular weight excluding hydrogens is 433 g/mol. The average molecular weight is 456 g/mol. The second kappa shape index (κ2) is 8.64. The van der Waals surface area contributed by atoms with Gasteiger partial charge in [-0.15, -0.1) is 0 Å². The molecule has 0 fully saturated rings. The van der Waals surface area contributed by atoms with E-state index >= 15 is 0 Å². The molecule has 0 radical (unpaired) electrons. The molecule has 0 N–H and O–H groups in total. The molecule has 0 unspecified atom stereocenters. The topological polar surface area (TPSA) is 39.9 Å². The lowest BCUT2D eigenvalue weighted by Crippen LogP contribution is -1.94. The number of hydrogen-bond donors (Lipinski definition) is 0. The predicted octanol–water partition coefficient (Wildman–Crippen LogP) is 7.09. The number of nitrogens with zero attached hydrogens (tertiary/aromatic N) is 3. The standard InChI is InChI=1S/C27H22FN3OS/c1-17-7-9-20(10-8-17)26-25(19-11-13-23(32-3)14-12-19)29-27(33-26)31-16-24(18(2)30-31)21-5-4-6-22(28)15-21/h4-16H,1-3H3. The molecule has 0 atom stereocenters. The van der Waals surface area contributed by atoms with Gasteiger partial charge in [-0.3, -0.25) is 0 Å². The van der Waals surface area contributed by atoms with Crippen LogP contribution in [0.4, 0.5) is 4.39 Å². The Morgan fingerprint density at radius 1 is 0.879 bits per heavy atom. The van der Waals surface area contributed by atoms with E-state index in [9.17, 15) is 4.39 Å². The molecule has 0 aliphatic rings. The Morgan fingerprint density at radius 2 is 1.61 bits per heavy atom. The molecule has 164 valence electrons. The third-order valence-corrected chi connectivity index (χ3v) is 6.62. The van der Waals surface area contributed by atoms with Crippen molar-refractivity contribution in [1.29, 1.82) is 0 Å². The van der Waals surface area contributed by atoms with Gasteiger partial charge in [-0.2, -0.15) is 5.10 Å². The number of rotatable bonds is 5. The van der Waals surface area contributed by atoms with E-state index < -0.39 is 0 Å². The Labute approximate surface area is 196 Å². The van der Waals surface area contributed by atoms with E-state index in [-0.39, 0.29) is 5.82 Å². The highest BCUT2D eigenvalue weighted by Gasteiger charge is 2.18. The largest absolute Gasteiger partial charge is 0.497 e. The van der Waals surface area contributed by atoms with Crippen LogP contribution in [0.3, 0.4) is 0 Å². The summed E-state index contributed by atoms with van der Waals surface area (Å²) in [6.45, 7) is 4.00. The number of hydrogen-bond acceptors (Lipinski definition) is 4. The zero-order valence-electron chi connectivity index (χ0n) is 18.5. The maximum atomic E-state index is 13.8. The molecule has 2 aromatic heterocycles. The number of thiazole rings is 1. The van der Waals surface area contributed by atoms with E-state index in [1.165, 1.54) is 17.7 Å². The predicted molar refractivity (Wildman–Crippen MR) is 132 cm³/mol. The van der Waals surface area contributed by atoms with Crippen molar-refractivity contribution >= 4 is 11.3 Å². The van der Waals surface area contributed by atoms with Gasteiger partial charge >= 0.3 is 0 Å². The van der Waals surface area contributed by atoms with Crippen molar-refractivity contribution in [3.63, 3.8) is 0 Å². The summed E-state index contributed by atoms with van der Waals surface area (Å²) in [7, 11) is 1.66. The number of halogens is 1. The van der Waals surface area contributed by atoms with Crippen LogP contribution in [-0.4, -0.2) is 21.9 Å². The first-order valence-electron chi connectivity index (χ1n) is 10.6. The van der Waals surface area contributed by atoms with Crippen molar-refractivity contribution in [1.82, 2.24) is 14.8 Å². The lowest BCUT2D eigenvalue weighted by atomic mass is 10.1. The molecule has 33 heavy (non-hydrogen) atoms. The van der Waals surface area contributed by atoms with Crippen LogP contribution in [0.15, 0.2) is 79.0 Å². The van der Waals surface area contributed by atoms with Gasteiger partial charge in [-0.25, -0.2) is 14.1 Å². The number of benzene rings is 3. The van der Waals surface area contributed by atoms with Crippen molar-refractivity contribution in [2.24, 2.45) is 0 Å². The zero-order chi connectivity index (χ0) is 22.9. The van der Waals surface area contributed by atoms with Gasteiger partial charge in [0.25, 0.3) is 0 Å². The minimum Gasteiger partial charge on any atom is -0.497 e.